The van der Waals surface area contributed by atoms with Gasteiger partial charge in [-0.1, -0.05) is 74.5 Å². The van der Waals surface area contributed by atoms with Gasteiger partial charge in [-0.2, -0.15) is 0 Å². The Hall–Kier alpha value is -1.60. The molecule has 2 rings (SSSR count). The fourth-order valence-corrected chi connectivity index (χ4v) is 2.91. The monoisotopic (exact) mass is 281 g/mol. The maximum absolute atomic E-state index is 3.71. The van der Waals surface area contributed by atoms with E-state index in [9.17, 15) is 0 Å². The van der Waals surface area contributed by atoms with Gasteiger partial charge in [-0.15, -0.1) is 0 Å². The second-order valence-electron chi connectivity index (χ2n) is 6.31. The maximum atomic E-state index is 3.71. The fraction of sp³-hybridized carbons (Fsp3) is 0.400. The Kier molecular flexibility index (Phi) is 6.01. The van der Waals surface area contributed by atoms with E-state index in [0.717, 1.165) is 12.5 Å². The summed E-state index contributed by atoms with van der Waals surface area (Å²) in [5, 5.41) is 3.71. The molecule has 1 nitrogen and oxygen atoms in total. The molecule has 1 atom stereocenters. The second-order valence-corrected chi connectivity index (χ2v) is 6.31. The molecule has 1 unspecified atom stereocenters. The molecule has 2 aromatic carbocycles. The van der Waals surface area contributed by atoms with Gasteiger partial charge in [0.2, 0.25) is 0 Å². The van der Waals surface area contributed by atoms with Crippen LogP contribution in [0.25, 0.3) is 0 Å². The van der Waals surface area contributed by atoms with Crippen molar-refractivity contribution >= 4 is 0 Å². The van der Waals surface area contributed by atoms with Crippen molar-refractivity contribution in [3.05, 3.63) is 71.8 Å². The van der Waals surface area contributed by atoms with Gasteiger partial charge in [0, 0.05) is 18.5 Å². The lowest BCUT2D eigenvalue weighted by Crippen LogP contribution is -2.31. The molecule has 21 heavy (non-hydrogen) atoms. The van der Waals surface area contributed by atoms with Crippen LogP contribution < -0.4 is 5.32 Å². The van der Waals surface area contributed by atoms with E-state index < -0.39 is 0 Å². The van der Waals surface area contributed by atoms with Crippen LogP contribution in [0.4, 0.5) is 0 Å². The Morgan fingerprint density at radius 3 is 1.67 bits per heavy atom. The van der Waals surface area contributed by atoms with Crippen molar-refractivity contribution in [2.75, 3.05) is 6.54 Å². The van der Waals surface area contributed by atoms with Crippen LogP contribution >= 0.6 is 0 Å². The second kappa shape index (κ2) is 7.99. The standard InChI is InChI=1S/C20H27N/c1-16(2)14-17(3)21-15-20(18-10-6-4-7-11-18)19-12-8-5-9-13-19/h4-13,16-17,20-21H,14-15H2,1-3H3. The van der Waals surface area contributed by atoms with Gasteiger partial charge in [0.15, 0.2) is 0 Å². The van der Waals surface area contributed by atoms with E-state index >= 15 is 0 Å². The van der Waals surface area contributed by atoms with E-state index in [2.05, 4.69) is 86.8 Å². The molecule has 0 fully saturated rings. The van der Waals surface area contributed by atoms with Crippen LogP contribution in [0, 0.1) is 5.92 Å². The van der Waals surface area contributed by atoms with Crippen molar-refractivity contribution in [3.63, 3.8) is 0 Å². The number of hydrogen-bond donors (Lipinski definition) is 1. The third-order valence-corrected chi connectivity index (χ3v) is 3.90. The predicted octanol–water partition coefficient (Wildman–Crippen LogP) is 4.84. The SMILES string of the molecule is CC(C)CC(C)NCC(c1ccccc1)c1ccccc1. The van der Waals surface area contributed by atoms with Crippen molar-refractivity contribution in [2.45, 2.75) is 39.2 Å². The van der Waals surface area contributed by atoms with Gasteiger partial charge >= 0.3 is 0 Å². The zero-order chi connectivity index (χ0) is 15.1. The minimum atomic E-state index is 0.419. The Labute approximate surface area is 129 Å². The molecule has 0 bridgehead atoms. The molecule has 0 radical (unpaired) electrons. The zero-order valence-corrected chi connectivity index (χ0v) is 13.4. The summed E-state index contributed by atoms with van der Waals surface area (Å²) >= 11 is 0. The highest BCUT2D eigenvalue weighted by Crippen LogP contribution is 2.24. The van der Waals surface area contributed by atoms with Gasteiger partial charge in [-0.3, -0.25) is 0 Å². The summed E-state index contributed by atoms with van der Waals surface area (Å²) in [4.78, 5) is 0. The van der Waals surface area contributed by atoms with Gasteiger partial charge in [0.1, 0.15) is 0 Å². The highest BCUT2D eigenvalue weighted by Gasteiger charge is 2.15. The summed E-state index contributed by atoms with van der Waals surface area (Å²) in [5.41, 5.74) is 2.76. The molecule has 0 amide bonds. The molecule has 1 N–H and O–H groups in total. The van der Waals surface area contributed by atoms with Crippen LogP contribution in [0.3, 0.4) is 0 Å². The third-order valence-electron chi connectivity index (χ3n) is 3.90. The summed E-state index contributed by atoms with van der Waals surface area (Å²) in [5.74, 6) is 1.15. The van der Waals surface area contributed by atoms with E-state index in [0.29, 0.717) is 12.0 Å². The van der Waals surface area contributed by atoms with Crippen LogP contribution in [0.1, 0.15) is 44.2 Å². The molecule has 1 heteroatoms. The van der Waals surface area contributed by atoms with E-state index in [1.165, 1.54) is 17.5 Å². The summed E-state index contributed by atoms with van der Waals surface area (Å²) in [6.07, 6.45) is 1.22. The maximum Gasteiger partial charge on any atom is 0.0214 e. The number of nitrogens with one attached hydrogen (secondary N) is 1. The lowest BCUT2D eigenvalue weighted by molar-refractivity contribution is 0.436. The van der Waals surface area contributed by atoms with Gasteiger partial charge in [0.25, 0.3) is 0 Å². The molecule has 112 valence electrons. The van der Waals surface area contributed by atoms with Crippen molar-refractivity contribution in [1.29, 1.82) is 0 Å². The lowest BCUT2D eigenvalue weighted by Gasteiger charge is -2.22. The van der Waals surface area contributed by atoms with Crippen LogP contribution in [0.2, 0.25) is 0 Å². The Bertz CT molecular complexity index is 464. The topological polar surface area (TPSA) is 12.0 Å². The van der Waals surface area contributed by atoms with Crippen molar-refractivity contribution < 1.29 is 0 Å². The normalized spacial score (nSPS) is 12.8. The molecular weight excluding hydrogens is 254 g/mol. The number of rotatable bonds is 7. The fourth-order valence-electron chi connectivity index (χ4n) is 2.91. The molecule has 0 aliphatic carbocycles. The number of benzene rings is 2. The van der Waals surface area contributed by atoms with Crippen molar-refractivity contribution in [1.82, 2.24) is 5.32 Å². The smallest absolute Gasteiger partial charge is 0.0214 e. The Morgan fingerprint density at radius 1 is 0.762 bits per heavy atom. The van der Waals surface area contributed by atoms with Crippen LogP contribution in [0.5, 0.6) is 0 Å². The number of hydrogen-bond acceptors (Lipinski definition) is 1. The molecular formula is C20H27N. The molecule has 0 aliphatic heterocycles. The average Bonchev–Trinajstić information content (AvgIpc) is 2.49. The molecule has 0 saturated carbocycles. The molecule has 0 heterocycles. The first-order valence-corrected chi connectivity index (χ1v) is 8.00. The largest absolute Gasteiger partial charge is 0.313 e. The van der Waals surface area contributed by atoms with Crippen molar-refractivity contribution in [3.8, 4) is 0 Å². The minimum absolute atomic E-state index is 0.419. The average molecular weight is 281 g/mol. The Morgan fingerprint density at radius 2 is 1.24 bits per heavy atom. The highest BCUT2D eigenvalue weighted by molar-refractivity contribution is 5.32. The lowest BCUT2D eigenvalue weighted by atomic mass is 9.91. The van der Waals surface area contributed by atoms with Gasteiger partial charge in [-0.25, -0.2) is 0 Å². The van der Waals surface area contributed by atoms with Crippen LogP contribution in [-0.2, 0) is 0 Å². The van der Waals surface area contributed by atoms with Crippen LogP contribution in [-0.4, -0.2) is 12.6 Å². The Balaban J connectivity index is 2.10. The summed E-state index contributed by atoms with van der Waals surface area (Å²) in [7, 11) is 0. The molecule has 0 aliphatic rings. The third kappa shape index (κ3) is 5.02. The molecule has 2 aromatic rings. The summed E-state index contributed by atoms with van der Waals surface area (Å²) in [6, 6.07) is 22.1. The van der Waals surface area contributed by atoms with Crippen molar-refractivity contribution in [2.24, 2.45) is 5.92 Å². The van der Waals surface area contributed by atoms with Gasteiger partial charge < -0.3 is 5.32 Å². The first-order valence-electron chi connectivity index (χ1n) is 8.00. The van der Waals surface area contributed by atoms with Gasteiger partial charge in [-0.05, 0) is 30.4 Å². The van der Waals surface area contributed by atoms with Gasteiger partial charge in [0.05, 0.1) is 0 Å². The van der Waals surface area contributed by atoms with E-state index in [1.807, 2.05) is 0 Å². The summed E-state index contributed by atoms with van der Waals surface area (Å²) in [6.45, 7) is 7.84. The molecule has 0 aromatic heterocycles. The molecule has 0 saturated heterocycles. The minimum Gasteiger partial charge on any atom is -0.313 e. The first-order chi connectivity index (χ1) is 10.2. The summed E-state index contributed by atoms with van der Waals surface area (Å²) < 4.78 is 0. The predicted molar refractivity (Wildman–Crippen MR) is 91.6 cm³/mol. The van der Waals surface area contributed by atoms with E-state index in [1.54, 1.807) is 0 Å². The highest BCUT2D eigenvalue weighted by atomic mass is 14.9. The van der Waals surface area contributed by atoms with E-state index in [4.69, 9.17) is 0 Å². The molecule has 0 spiro atoms. The first kappa shape index (κ1) is 15.8. The van der Waals surface area contributed by atoms with Crippen LogP contribution in [0.15, 0.2) is 60.7 Å². The van der Waals surface area contributed by atoms with E-state index in [-0.39, 0.29) is 0 Å². The zero-order valence-electron chi connectivity index (χ0n) is 13.4. The quantitative estimate of drug-likeness (QED) is 0.765.